The smallest absolute Gasteiger partial charge is 0.339 e. The summed E-state index contributed by atoms with van der Waals surface area (Å²) < 4.78 is 5.00. The highest BCUT2D eigenvalue weighted by Gasteiger charge is 2.17. The van der Waals surface area contributed by atoms with Gasteiger partial charge in [0.05, 0.1) is 35.4 Å². The number of carboxylic acids is 1. The molecule has 23 heavy (non-hydrogen) atoms. The van der Waals surface area contributed by atoms with E-state index >= 15 is 0 Å². The number of carboxylic acid groups (broad SMARTS) is 1. The van der Waals surface area contributed by atoms with Gasteiger partial charge in [0.1, 0.15) is 11.3 Å². The van der Waals surface area contributed by atoms with Gasteiger partial charge in [0.25, 0.3) is 0 Å². The first kappa shape index (κ1) is 17.3. The number of nitrogens with one attached hydrogen (secondary N) is 1. The summed E-state index contributed by atoms with van der Waals surface area (Å²) >= 11 is 11.6. The van der Waals surface area contributed by atoms with E-state index in [2.05, 4.69) is 5.32 Å². The molecule has 1 heterocycles. The molecule has 0 spiro atoms. The van der Waals surface area contributed by atoms with Gasteiger partial charge in [-0.2, -0.15) is 0 Å². The summed E-state index contributed by atoms with van der Waals surface area (Å²) in [6.45, 7) is -0.0818. The van der Waals surface area contributed by atoms with Crippen LogP contribution in [0.15, 0.2) is 34.9 Å². The fraction of sp³-hybridized carbons (Fsp3) is 0.200. The van der Waals surface area contributed by atoms with Crippen molar-refractivity contribution in [2.45, 2.75) is 19.1 Å². The molecule has 0 fully saturated rings. The van der Waals surface area contributed by atoms with Crippen molar-refractivity contribution >= 4 is 35.1 Å². The van der Waals surface area contributed by atoms with Gasteiger partial charge in [-0.15, -0.1) is 0 Å². The van der Waals surface area contributed by atoms with Crippen LogP contribution in [0.4, 0.5) is 0 Å². The Hall–Kier alpha value is -2.02. The topological polar surface area (TPSA) is 99.8 Å². The minimum absolute atomic E-state index is 0.0182. The molecule has 0 aliphatic rings. The van der Waals surface area contributed by atoms with E-state index in [1.807, 2.05) is 0 Å². The first-order chi connectivity index (χ1) is 10.9. The molecule has 0 aliphatic carbocycles. The number of carbonyl (C=O) groups is 2. The number of aliphatic hydroxyl groups excluding tert-OH is 1. The molecule has 1 aromatic carbocycles. The first-order valence-corrected chi connectivity index (χ1v) is 7.33. The van der Waals surface area contributed by atoms with Crippen molar-refractivity contribution in [1.29, 1.82) is 0 Å². The summed E-state index contributed by atoms with van der Waals surface area (Å²) in [5.74, 6) is -1.47. The van der Waals surface area contributed by atoms with Crippen molar-refractivity contribution in [2.75, 3.05) is 0 Å². The maximum absolute atomic E-state index is 11.8. The average Bonchev–Trinajstić information content (AvgIpc) is 2.96. The molecule has 1 unspecified atom stereocenters. The zero-order valence-corrected chi connectivity index (χ0v) is 13.3. The van der Waals surface area contributed by atoms with Gasteiger partial charge < -0.3 is 19.9 Å². The lowest BCUT2D eigenvalue weighted by molar-refractivity contribution is -0.123. The lowest BCUT2D eigenvalue weighted by Gasteiger charge is -2.12. The van der Waals surface area contributed by atoms with Gasteiger partial charge >= 0.3 is 5.97 Å². The highest BCUT2D eigenvalue weighted by molar-refractivity contribution is 6.42. The average molecular weight is 358 g/mol. The van der Waals surface area contributed by atoms with E-state index in [9.17, 15) is 14.7 Å². The van der Waals surface area contributed by atoms with Crippen LogP contribution in [0.3, 0.4) is 0 Å². The minimum Gasteiger partial charge on any atom is -0.478 e. The second-order valence-corrected chi connectivity index (χ2v) is 5.55. The summed E-state index contributed by atoms with van der Waals surface area (Å²) in [7, 11) is 0. The Kier molecular flexibility index (Phi) is 5.65. The zero-order chi connectivity index (χ0) is 17.0. The molecule has 122 valence electrons. The van der Waals surface area contributed by atoms with Crippen molar-refractivity contribution in [1.82, 2.24) is 5.32 Å². The SMILES string of the molecule is O=C(CC(O)c1ccc(Cl)c(Cl)c1)NCc1occc1C(=O)O. The van der Waals surface area contributed by atoms with Gasteiger partial charge in [0, 0.05) is 0 Å². The van der Waals surface area contributed by atoms with Crippen molar-refractivity contribution in [3.63, 3.8) is 0 Å². The standard InChI is InChI=1S/C15H13Cl2NO5/c16-10-2-1-8(5-11(10)17)12(19)6-14(20)18-7-13-9(15(21)22)3-4-23-13/h1-5,12,19H,6-7H2,(H,18,20)(H,21,22). The quantitative estimate of drug-likeness (QED) is 0.737. The predicted molar refractivity (Wildman–Crippen MR) is 83.6 cm³/mol. The van der Waals surface area contributed by atoms with E-state index in [0.717, 1.165) is 0 Å². The number of halogens is 2. The van der Waals surface area contributed by atoms with Gasteiger partial charge in [-0.25, -0.2) is 4.79 Å². The first-order valence-electron chi connectivity index (χ1n) is 6.58. The molecule has 3 N–H and O–H groups in total. The van der Waals surface area contributed by atoms with Crippen LogP contribution in [0.5, 0.6) is 0 Å². The molecular formula is C15H13Cl2NO5. The van der Waals surface area contributed by atoms with Crippen LogP contribution >= 0.6 is 23.2 Å². The Morgan fingerprint density at radius 2 is 1.96 bits per heavy atom. The largest absolute Gasteiger partial charge is 0.478 e. The number of benzene rings is 1. The lowest BCUT2D eigenvalue weighted by Crippen LogP contribution is -2.25. The fourth-order valence-corrected chi connectivity index (χ4v) is 2.24. The predicted octanol–water partition coefficient (Wildman–Crippen LogP) is 3.02. The Morgan fingerprint density at radius 1 is 1.22 bits per heavy atom. The summed E-state index contributed by atoms with van der Waals surface area (Å²) in [6, 6.07) is 5.88. The van der Waals surface area contributed by atoms with E-state index in [0.29, 0.717) is 10.6 Å². The molecule has 0 radical (unpaired) electrons. The molecule has 8 heteroatoms. The highest BCUT2D eigenvalue weighted by Crippen LogP contribution is 2.26. The summed E-state index contributed by atoms with van der Waals surface area (Å²) in [4.78, 5) is 22.7. The molecule has 2 rings (SSSR count). The summed E-state index contributed by atoms with van der Waals surface area (Å²) in [5, 5.41) is 22.1. The van der Waals surface area contributed by atoms with Gasteiger partial charge in [-0.1, -0.05) is 29.3 Å². The van der Waals surface area contributed by atoms with Gasteiger partial charge in [-0.3, -0.25) is 4.79 Å². The number of amides is 1. The van der Waals surface area contributed by atoms with Crippen molar-refractivity contribution < 1.29 is 24.2 Å². The van der Waals surface area contributed by atoms with Gasteiger partial charge in [-0.05, 0) is 23.8 Å². The monoisotopic (exact) mass is 357 g/mol. The Bertz CT molecular complexity index is 728. The number of aromatic carboxylic acids is 1. The molecule has 2 aromatic rings. The number of carbonyl (C=O) groups excluding carboxylic acids is 1. The van der Waals surface area contributed by atoms with Gasteiger partial charge in [0.15, 0.2) is 0 Å². The number of rotatable bonds is 6. The molecule has 0 bridgehead atoms. The second-order valence-electron chi connectivity index (χ2n) is 4.73. The van der Waals surface area contributed by atoms with Crippen LogP contribution in [0, 0.1) is 0 Å². The van der Waals surface area contributed by atoms with Crippen LogP contribution in [-0.2, 0) is 11.3 Å². The Balaban J connectivity index is 1.92. The normalized spacial score (nSPS) is 12.0. The van der Waals surface area contributed by atoms with Crippen LogP contribution in [0.25, 0.3) is 0 Å². The van der Waals surface area contributed by atoms with E-state index in [4.69, 9.17) is 32.7 Å². The molecule has 6 nitrogen and oxygen atoms in total. The Morgan fingerprint density at radius 3 is 2.61 bits per heavy atom. The summed E-state index contributed by atoms with van der Waals surface area (Å²) in [6.07, 6.45) is -0.0309. The fourth-order valence-electron chi connectivity index (χ4n) is 1.93. The van der Waals surface area contributed by atoms with E-state index in [1.165, 1.54) is 24.5 Å². The minimum atomic E-state index is -1.14. The maximum atomic E-state index is 11.8. The highest BCUT2D eigenvalue weighted by atomic mass is 35.5. The van der Waals surface area contributed by atoms with Crippen molar-refractivity contribution in [2.24, 2.45) is 0 Å². The second kappa shape index (κ2) is 7.50. The third-order valence-electron chi connectivity index (χ3n) is 3.13. The van der Waals surface area contributed by atoms with Crippen molar-refractivity contribution in [3.05, 3.63) is 57.5 Å². The number of hydrogen-bond donors (Lipinski definition) is 3. The molecular weight excluding hydrogens is 345 g/mol. The van der Waals surface area contributed by atoms with E-state index in [-0.39, 0.29) is 29.3 Å². The number of aliphatic hydroxyl groups is 1. The van der Waals surface area contributed by atoms with Crippen LogP contribution in [0.1, 0.15) is 34.2 Å². The summed E-state index contributed by atoms with van der Waals surface area (Å²) in [5.41, 5.74) is 0.439. The molecule has 0 aliphatic heterocycles. The maximum Gasteiger partial charge on any atom is 0.339 e. The van der Waals surface area contributed by atoms with Crippen LogP contribution < -0.4 is 5.32 Å². The van der Waals surface area contributed by atoms with E-state index < -0.39 is 18.0 Å². The molecule has 1 aromatic heterocycles. The molecule has 1 atom stereocenters. The molecule has 0 saturated carbocycles. The number of hydrogen-bond acceptors (Lipinski definition) is 4. The Labute approximate surface area is 141 Å². The zero-order valence-electron chi connectivity index (χ0n) is 11.8. The number of furan rings is 1. The van der Waals surface area contributed by atoms with Crippen LogP contribution in [-0.4, -0.2) is 22.1 Å². The van der Waals surface area contributed by atoms with Crippen LogP contribution in [0.2, 0.25) is 10.0 Å². The van der Waals surface area contributed by atoms with Gasteiger partial charge in [0.2, 0.25) is 5.91 Å². The third kappa shape index (κ3) is 4.48. The van der Waals surface area contributed by atoms with Crippen molar-refractivity contribution in [3.8, 4) is 0 Å². The third-order valence-corrected chi connectivity index (χ3v) is 3.87. The van der Waals surface area contributed by atoms with E-state index in [1.54, 1.807) is 6.07 Å². The molecule has 1 amide bonds. The molecule has 0 saturated heterocycles. The lowest BCUT2D eigenvalue weighted by atomic mass is 10.1.